The van der Waals surface area contributed by atoms with Crippen molar-refractivity contribution in [2.75, 3.05) is 10.0 Å². The zero-order valence-electron chi connectivity index (χ0n) is 19.1. The fourth-order valence-corrected chi connectivity index (χ4v) is 4.93. The van der Waals surface area contributed by atoms with Crippen molar-refractivity contribution in [3.63, 3.8) is 0 Å². The standard InChI is InChI=1S/C26H22N4O4S2/c1-18-7-9-20(10-8-18)24(31)29-23(17-19-5-3-2-4-6-19)25(32)28-21-11-13-22(14-12-21)36(33,34)30-26-27-15-16-35-26/h2-17H,1H3,(H,27,30)(H,28,32)(H,29,31). The Balaban J connectivity index is 1.52. The molecule has 0 radical (unpaired) electrons. The average Bonchev–Trinajstić information content (AvgIpc) is 3.37. The van der Waals surface area contributed by atoms with Gasteiger partial charge in [-0.25, -0.2) is 13.4 Å². The number of anilines is 2. The summed E-state index contributed by atoms with van der Waals surface area (Å²) in [7, 11) is -3.82. The Morgan fingerprint density at radius 3 is 2.25 bits per heavy atom. The van der Waals surface area contributed by atoms with Crippen molar-refractivity contribution in [3.8, 4) is 0 Å². The number of rotatable bonds is 8. The van der Waals surface area contributed by atoms with Crippen molar-refractivity contribution in [2.45, 2.75) is 11.8 Å². The summed E-state index contributed by atoms with van der Waals surface area (Å²) >= 11 is 1.16. The molecule has 3 N–H and O–H groups in total. The highest BCUT2D eigenvalue weighted by atomic mass is 32.2. The molecule has 4 rings (SSSR count). The van der Waals surface area contributed by atoms with Crippen molar-refractivity contribution < 1.29 is 18.0 Å². The van der Waals surface area contributed by atoms with Gasteiger partial charge in [0, 0.05) is 22.8 Å². The first-order valence-corrected chi connectivity index (χ1v) is 13.1. The van der Waals surface area contributed by atoms with Gasteiger partial charge in [0.25, 0.3) is 21.8 Å². The molecule has 1 aromatic heterocycles. The van der Waals surface area contributed by atoms with Gasteiger partial charge in [-0.3, -0.25) is 14.3 Å². The fraction of sp³-hybridized carbons (Fsp3) is 0.0385. The molecule has 3 aromatic carbocycles. The van der Waals surface area contributed by atoms with Gasteiger partial charge in [0.05, 0.1) is 4.90 Å². The molecular formula is C26H22N4O4S2. The third-order valence-corrected chi connectivity index (χ3v) is 7.17. The highest BCUT2D eigenvalue weighted by Gasteiger charge is 2.18. The molecule has 0 saturated carbocycles. The maximum absolute atomic E-state index is 13.1. The van der Waals surface area contributed by atoms with Gasteiger partial charge in [0.1, 0.15) is 5.70 Å². The quantitative estimate of drug-likeness (QED) is 0.293. The Bertz CT molecular complexity index is 1480. The topological polar surface area (TPSA) is 117 Å². The van der Waals surface area contributed by atoms with Gasteiger partial charge in [-0.2, -0.15) is 0 Å². The lowest BCUT2D eigenvalue weighted by Gasteiger charge is -2.12. The molecule has 0 bridgehead atoms. The number of amides is 2. The van der Waals surface area contributed by atoms with Crippen LogP contribution in [0.15, 0.2) is 101 Å². The monoisotopic (exact) mass is 518 g/mol. The van der Waals surface area contributed by atoms with Gasteiger partial charge >= 0.3 is 0 Å². The molecule has 0 aliphatic heterocycles. The molecule has 2 amide bonds. The van der Waals surface area contributed by atoms with Crippen LogP contribution < -0.4 is 15.4 Å². The third kappa shape index (κ3) is 6.44. The molecule has 0 aliphatic carbocycles. The minimum absolute atomic E-state index is 0.0171. The summed E-state index contributed by atoms with van der Waals surface area (Å²) in [5, 5.41) is 7.30. The number of aryl methyl sites for hydroxylation is 1. The SMILES string of the molecule is Cc1ccc(C(=O)NC(=Cc2ccccc2)C(=O)Nc2ccc(S(=O)(=O)Nc3nccs3)cc2)cc1. The molecule has 0 saturated heterocycles. The van der Waals surface area contributed by atoms with E-state index in [-0.39, 0.29) is 15.7 Å². The summed E-state index contributed by atoms with van der Waals surface area (Å²) in [4.78, 5) is 29.8. The van der Waals surface area contributed by atoms with E-state index in [1.54, 1.807) is 35.7 Å². The van der Waals surface area contributed by atoms with Crippen LogP contribution in [0.2, 0.25) is 0 Å². The van der Waals surface area contributed by atoms with Crippen molar-refractivity contribution in [2.24, 2.45) is 0 Å². The molecule has 182 valence electrons. The van der Waals surface area contributed by atoms with Crippen LogP contribution in [-0.4, -0.2) is 25.2 Å². The lowest BCUT2D eigenvalue weighted by atomic mass is 10.1. The highest BCUT2D eigenvalue weighted by Crippen LogP contribution is 2.20. The van der Waals surface area contributed by atoms with E-state index in [4.69, 9.17) is 0 Å². The van der Waals surface area contributed by atoms with E-state index in [1.807, 2.05) is 37.3 Å². The Labute approximate surface area is 212 Å². The lowest BCUT2D eigenvalue weighted by molar-refractivity contribution is -0.113. The second-order valence-corrected chi connectivity index (χ2v) is 10.3. The van der Waals surface area contributed by atoms with Crippen LogP contribution in [0, 0.1) is 6.92 Å². The van der Waals surface area contributed by atoms with Crippen molar-refractivity contribution in [3.05, 3.63) is 113 Å². The molecule has 0 spiro atoms. The van der Waals surface area contributed by atoms with Crippen LogP contribution >= 0.6 is 11.3 Å². The third-order valence-electron chi connectivity index (χ3n) is 4.99. The van der Waals surface area contributed by atoms with Crippen LogP contribution in [0.25, 0.3) is 6.08 Å². The minimum Gasteiger partial charge on any atom is -0.321 e. The Morgan fingerprint density at radius 2 is 1.61 bits per heavy atom. The van der Waals surface area contributed by atoms with E-state index >= 15 is 0 Å². The van der Waals surface area contributed by atoms with Crippen molar-refractivity contribution in [1.29, 1.82) is 0 Å². The van der Waals surface area contributed by atoms with Gasteiger partial charge in [-0.15, -0.1) is 11.3 Å². The Morgan fingerprint density at radius 1 is 0.917 bits per heavy atom. The second-order valence-electron chi connectivity index (χ2n) is 7.71. The van der Waals surface area contributed by atoms with Crippen LogP contribution in [0.5, 0.6) is 0 Å². The molecule has 10 heteroatoms. The highest BCUT2D eigenvalue weighted by molar-refractivity contribution is 7.93. The number of thiazole rings is 1. The first-order chi connectivity index (χ1) is 17.3. The van der Waals surface area contributed by atoms with Gasteiger partial charge in [0.15, 0.2) is 5.13 Å². The molecule has 0 fully saturated rings. The summed E-state index contributed by atoms with van der Waals surface area (Å²) in [6.07, 6.45) is 3.07. The van der Waals surface area contributed by atoms with Gasteiger partial charge in [0.2, 0.25) is 0 Å². The van der Waals surface area contributed by atoms with Gasteiger partial charge < -0.3 is 10.6 Å². The molecule has 8 nitrogen and oxygen atoms in total. The lowest BCUT2D eigenvalue weighted by Crippen LogP contribution is -2.30. The normalized spacial score (nSPS) is 11.5. The minimum atomic E-state index is -3.82. The summed E-state index contributed by atoms with van der Waals surface area (Å²) in [6.45, 7) is 1.92. The molecule has 0 aliphatic rings. The van der Waals surface area contributed by atoms with Gasteiger partial charge in [-0.05, 0) is 55.0 Å². The van der Waals surface area contributed by atoms with E-state index < -0.39 is 21.8 Å². The Kier molecular flexibility index (Phi) is 7.57. The predicted molar refractivity (Wildman–Crippen MR) is 141 cm³/mol. The second kappa shape index (κ2) is 11.0. The maximum atomic E-state index is 13.1. The first kappa shape index (κ1) is 24.8. The van der Waals surface area contributed by atoms with E-state index in [0.717, 1.165) is 22.5 Å². The molecular weight excluding hydrogens is 496 g/mol. The van der Waals surface area contributed by atoms with E-state index in [9.17, 15) is 18.0 Å². The van der Waals surface area contributed by atoms with Crippen molar-refractivity contribution >= 4 is 50.1 Å². The smallest absolute Gasteiger partial charge is 0.272 e. The number of carbonyl (C=O) groups excluding carboxylic acids is 2. The van der Waals surface area contributed by atoms with Gasteiger partial charge in [-0.1, -0.05) is 48.0 Å². The summed E-state index contributed by atoms with van der Waals surface area (Å²) < 4.78 is 27.5. The fourth-order valence-electron chi connectivity index (χ4n) is 3.14. The zero-order valence-corrected chi connectivity index (χ0v) is 20.8. The molecule has 1 heterocycles. The number of hydrogen-bond donors (Lipinski definition) is 3. The summed E-state index contributed by atoms with van der Waals surface area (Å²) in [5.74, 6) is -0.988. The number of aromatic nitrogens is 1. The number of benzene rings is 3. The van der Waals surface area contributed by atoms with Crippen LogP contribution in [0.3, 0.4) is 0 Å². The van der Waals surface area contributed by atoms with E-state index in [2.05, 4.69) is 20.3 Å². The van der Waals surface area contributed by atoms with E-state index in [1.165, 1.54) is 30.5 Å². The summed E-state index contributed by atoms with van der Waals surface area (Å²) in [5.41, 5.74) is 2.54. The zero-order chi connectivity index (χ0) is 25.5. The van der Waals surface area contributed by atoms with Crippen LogP contribution in [0.4, 0.5) is 10.8 Å². The first-order valence-electron chi connectivity index (χ1n) is 10.8. The van der Waals surface area contributed by atoms with Crippen molar-refractivity contribution in [1.82, 2.24) is 10.3 Å². The molecule has 36 heavy (non-hydrogen) atoms. The molecule has 0 atom stereocenters. The van der Waals surface area contributed by atoms with Crippen LogP contribution in [-0.2, 0) is 14.8 Å². The molecule has 4 aromatic rings. The number of carbonyl (C=O) groups is 2. The van der Waals surface area contributed by atoms with E-state index in [0.29, 0.717) is 11.3 Å². The molecule has 0 unspecified atom stereocenters. The number of sulfonamides is 1. The maximum Gasteiger partial charge on any atom is 0.272 e. The average molecular weight is 519 g/mol. The Hall–Kier alpha value is -4.28. The van der Waals surface area contributed by atoms with Crippen LogP contribution in [0.1, 0.15) is 21.5 Å². The largest absolute Gasteiger partial charge is 0.321 e. The number of nitrogens with one attached hydrogen (secondary N) is 3. The summed E-state index contributed by atoms with van der Waals surface area (Å²) in [6, 6.07) is 21.8. The predicted octanol–water partition coefficient (Wildman–Crippen LogP) is 4.66. The number of nitrogens with zero attached hydrogens (tertiary/aromatic N) is 1. The number of hydrogen-bond acceptors (Lipinski definition) is 6.